The molecule has 1 amide bonds. The van der Waals surface area contributed by atoms with Crippen molar-refractivity contribution < 1.29 is 26.6 Å². The number of nitrogens with one attached hydrogen (secondary N) is 1. The summed E-state index contributed by atoms with van der Waals surface area (Å²) in [6.07, 6.45) is 18.5. The number of aromatic nitrogens is 3. The van der Waals surface area contributed by atoms with Crippen LogP contribution in [0.3, 0.4) is 0 Å². The second kappa shape index (κ2) is 17.4. The van der Waals surface area contributed by atoms with Crippen molar-refractivity contribution in [3.63, 3.8) is 0 Å². The molecule has 0 bridgehead atoms. The van der Waals surface area contributed by atoms with Crippen LogP contribution in [0.2, 0.25) is 0 Å². The van der Waals surface area contributed by atoms with E-state index >= 15 is 0 Å². The van der Waals surface area contributed by atoms with Gasteiger partial charge in [-0.05, 0) is 82.0 Å². The quantitative estimate of drug-likeness (QED) is 0.275. The van der Waals surface area contributed by atoms with E-state index in [1.54, 1.807) is 7.11 Å². The van der Waals surface area contributed by atoms with Gasteiger partial charge < -0.3 is 15.0 Å². The molecule has 1 saturated heterocycles. The van der Waals surface area contributed by atoms with E-state index in [1.807, 2.05) is 92.6 Å². The first-order valence-corrected chi connectivity index (χ1v) is 14.5. The van der Waals surface area contributed by atoms with E-state index in [-0.39, 0.29) is 23.0 Å². The number of piperazine rings is 1. The number of rotatable bonds is 10. The molecule has 3 aromatic rings. The second-order valence-electron chi connectivity index (χ2n) is 10.2. The number of para-hydroxylation sites is 2. The van der Waals surface area contributed by atoms with E-state index in [9.17, 15) is 4.79 Å². The molecule has 43 heavy (non-hydrogen) atoms. The van der Waals surface area contributed by atoms with Crippen LogP contribution >= 0.6 is 0 Å². The molecule has 2 saturated carbocycles. The normalized spacial score (nSPS) is 17.7. The monoisotopic (exact) mass is 618 g/mol. The third kappa shape index (κ3) is 9.82. The van der Waals surface area contributed by atoms with Gasteiger partial charge in [0.25, 0.3) is 0 Å². The van der Waals surface area contributed by atoms with Crippen LogP contribution in [0.4, 0.5) is 5.69 Å². The van der Waals surface area contributed by atoms with Gasteiger partial charge in [0, 0.05) is 44.8 Å². The van der Waals surface area contributed by atoms with E-state index in [4.69, 9.17) is 4.74 Å². The Balaban J connectivity index is 0.000000205. The van der Waals surface area contributed by atoms with Crippen LogP contribution in [-0.2, 0) is 28.4 Å². The molecule has 6 rings (SSSR count). The third-order valence-corrected chi connectivity index (χ3v) is 7.34. The third-order valence-electron chi connectivity index (χ3n) is 7.34. The van der Waals surface area contributed by atoms with E-state index < -0.39 is 0 Å². The van der Waals surface area contributed by atoms with Crippen molar-refractivity contribution in [1.82, 2.24) is 25.2 Å². The van der Waals surface area contributed by atoms with Gasteiger partial charge in [-0.15, -0.1) is 5.10 Å². The molecule has 8 nitrogen and oxygen atoms in total. The Kier molecular flexibility index (Phi) is 13.4. The van der Waals surface area contributed by atoms with Crippen LogP contribution in [0, 0.1) is 63.2 Å². The summed E-state index contributed by atoms with van der Waals surface area (Å²) in [7, 11) is 1.72. The zero-order chi connectivity index (χ0) is 29.0. The maximum absolute atomic E-state index is 11.9. The predicted molar refractivity (Wildman–Crippen MR) is 165 cm³/mol. The molecule has 1 aromatic heterocycles. The summed E-state index contributed by atoms with van der Waals surface area (Å²) in [5.74, 6) is 2.81. The average Bonchev–Trinajstić information content (AvgIpc) is 3.84. The van der Waals surface area contributed by atoms with Gasteiger partial charge >= 0.3 is 17.1 Å². The minimum atomic E-state index is 0. The van der Waals surface area contributed by atoms with Gasteiger partial charge in [0.2, 0.25) is 5.91 Å². The SMILES string of the molecule is COc1ccccc1N1CCN(CCCNC(=O)[C]2[CH][CH][CH][CH]2)CC1.[CH]1[CH][CH][C](c2cn(Cc3ccccc3)nn2)[CH]1.[Fe+2]. The zero-order valence-electron chi connectivity index (χ0n) is 24.5. The Labute approximate surface area is 268 Å². The molecule has 9 heteroatoms. The first kappa shape index (κ1) is 33.0. The molecular weight excluding hydrogens is 580 g/mol. The molecule has 2 aromatic carbocycles. The molecule has 2 aliphatic carbocycles. The van der Waals surface area contributed by atoms with Crippen LogP contribution < -0.4 is 15.0 Å². The van der Waals surface area contributed by atoms with Crippen molar-refractivity contribution in [3.8, 4) is 5.75 Å². The van der Waals surface area contributed by atoms with Crippen LogP contribution in [0.1, 0.15) is 17.7 Å². The van der Waals surface area contributed by atoms with Crippen LogP contribution in [0.15, 0.2) is 60.8 Å². The average molecular weight is 619 g/mol. The van der Waals surface area contributed by atoms with Gasteiger partial charge in [0.15, 0.2) is 0 Å². The number of amides is 1. The Morgan fingerprint density at radius 2 is 1.56 bits per heavy atom. The topological polar surface area (TPSA) is 75.5 Å². The summed E-state index contributed by atoms with van der Waals surface area (Å²) < 4.78 is 7.32. The van der Waals surface area contributed by atoms with Crippen molar-refractivity contribution >= 4 is 11.6 Å². The number of carbonyl (C=O) groups excluding carboxylic acids is 1. The molecule has 3 aliphatic rings. The van der Waals surface area contributed by atoms with Gasteiger partial charge in [-0.3, -0.25) is 9.69 Å². The number of methoxy groups -OCH3 is 1. The van der Waals surface area contributed by atoms with Crippen LogP contribution in [0.25, 0.3) is 0 Å². The Morgan fingerprint density at radius 1 is 0.884 bits per heavy atom. The van der Waals surface area contributed by atoms with E-state index in [0.717, 1.165) is 75.5 Å². The molecule has 0 unspecified atom stereocenters. The Morgan fingerprint density at radius 3 is 2.28 bits per heavy atom. The summed E-state index contributed by atoms with van der Waals surface area (Å²) >= 11 is 0. The Bertz CT molecular complexity index is 1220. The molecule has 1 aliphatic heterocycles. The zero-order valence-corrected chi connectivity index (χ0v) is 25.6. The van der Waals surface area contributed by atoms with Gasteiger partial charge in [-0.1, -0.05) is 47.7 Å². The Hall–Kier alpha value is -2.87. The van der Waals surface area contributed by atoms with Gasteiger partial charge in [-0.25, -0.2) is 4.68 Å². The summed E-state index contributed by atoms with van der Waals surface area (Å²) in [6, 6.07) is 18.4. The van der Waals surface area contributed by atoms with Crippen molar-refractivity contribution in [2.45, 2.75) is 13.0 Å². The van der Waals surface area contributed by atoms with E-state index in [1.165, 1.54) is 11.3 Å². The number of hydrogen-bond acceptors (Lipinski definition) is 6. The molecule has 3 fully saturated rings. The first-order chi connectivity index (χ1) is 20.7. The minimum Gasteiger partial charge on any atom is -0.495 e. The molecule has 10 radical (unpaired) electrons. The minimum absolute atomic E-state index is 0. The summed E-state index contributed by atoms with van der Waals surface area (Å²) in [5.41, 5.74) is 3.32. The van der Waals surface area contributed by atoms with Gasteiger partial charge in [-0.2, -0.15) is 0 Å². The molecule has 0 atom stereocenters. The van der Waals surface area contributed by atoms with Crippen molar-refractivity contribution in [1.29, 1.82) is 0 Å². The molecule has 2 heterocycles. The van der Waals surface area contributed by atoms with Crippen molar-refractivity contribution in [3.05, 3.63) is 135 Å². The molecular formula is C34H38FeN6O2+2. The van der Waals surface area contributed by atoms with Crippen LogP contribution in [-0.4, -0.2) is 72.2 Å². The maximum atomic E-state index is 11.9. The number of anilines is 1. The summed E-state index contributed by atoms with van der Waals surface area (Å²) in [6.45, 7) is 6.57. The number of benzene rings is 2. The van der Waals surface area contributed by atoms with Crippen molar-refractivity contribution in [2.24, 2.45) is 0 Å². The fraction of sp³-hybridized carbons (Fsp3) is 0.265. The first-order valence-electron chi connectivity index (χ1n) is 14.5. The number of hydrogen-bond donors (Lipinski definition) is 1. The summed E-state index contributed by atoms with van der Waals surface area (Å²) in [4.78, 5) is 16.7. The fourth-order valence-corrected chi connectivity index (χ4v) is 5.06. The maximum Gasteiger partial charge on any atom is 2.00 e. The predicted octanol–water partition coefficient (Wildman–Crippen LogP) is 3.81. The fourth-order valence-electron chi connectivity index (χ4n) is 5.06. The molecule has 222 valence electrons. The molecule has 1 N–H and O–H groups in total. The van der Waals surface area contributed by atoms with Gasteiger partial charge in [0.05, 0.1) is 31.0 Å². The number of carbonyl (C=O) groups is 1. The standard InChI is InChI=1S/C20H26N3O2.C14H12N3.Fe/c1-25-19-10-5-4-9-18(19)23-15-13-22(14-16-23)12-6-11-21-20(24)17-7-2-3-8-17;1-2-6-12(7-3-1)10-17-11-14(15-16-17)13-8-4-5-9-13;/h2-5,7-10H,6,11-16H2,1H3,(H,21,24);1-9,11H,10H2;/q;;+2. The number of ether oxygens (including phenoxy) is 1. The number of nitrogens with zero attached hydrogens (tertiary/aromatic N) is 5. The summed E-state index contributed by atoms with van der Waals surface area (Å²) in [5, 5.41) is 11.3. The van der Waals surface area contributed by atoms with E-state index in [0.29, 0.717) is 0 Å². The van der Waals surface area contributed by atoms with Gasteiger partial charge in [0.1, 0.15) is 5.75 Å². The second-order valence-corrected chi connectivity index (χ2v) is 10.2. The smallest absolute Gasteiger partial charge is 0.495 e. The largest absolute Gasteiger partial charge is 2.00 e. The molecule has 0 spiro atoms. The van der Waals surface area contributed by atoms with Crippen LogP contribution in [0.5, 0.6) is 5.75 Å². The van der Waals surface area contributed by atoms with Crippen molar-refractivity contribution in [2.75, 3.05) is 51.3 Å². The van der Waals surface area contributed by atoms with E-state index in [2.05, 4.69) is 49.7 Å².